The number of hydrogen-bond donors (Lipinski definition) is 1. The van der Waals surface area contributed by atoms with Crippen molar-refractivity contribution in [3.05, 3.63) is 53.5 Å². The second-order valence-corrected chi connectivity index (χ2v) is 11.0. The summed E-state index contributed by atoms with van der Waals surface area (Å²) in [5.74, 6) is 0.500. The summed E-state index contributed by atoms with van der Waals surface area (Å²) in [4.78, 5) is 39.1. The van der Waals surface area contributed by atoms with Crippen LogP contribution in [0, 0.1) is 5.41 Å². The maximum atomic E-state index is 13.4. The number of fused-ring (bicyclic) bond motifs is 1. The van der Waals surface area contributed by atoms with Gasteiger partial charge in [0, 0.05) is 38.6 Å². The molecule has 0 saturated carbocycles. The van der Waals surface area contributed by atoms with Gasteiger partial charge >= 0.3 is 6.09 Å². The molecule has 3 heterocycles. The number of carbonyl (C=O) groups is 2. The first-order valence-corrected chi connectivity index (χ1v) is 13.2. The number of benzene rings is 1. The first kappa shape index (κ1) is 26.4. The molecule has 0 radical (unpaired) electrons. The molecule has 0 bridgehead atoms. The highest BCUT2D eigenvalue weighted by molar-refractivity contribution is 7.98. The molecule has 0 atom stereocenters. The Kier molecular flexibility index (Phi) is 7.67. The predicted octanol–water partition coefficient (Wildman–Crippen LogP) is 3.46. The van der Waals surface area contributed by atoms with Crippen molar-refractivity contribution in [2.75, 3.05) is 42.7 Å². The van der Waals surface area contributed by atoms with Crippen LogP contribution in [-0.4, -0.2) is 79.9 Å². The Hall–Kier alpha value is -3.67. The molecular weight excluding hydrogens is 492 g/mol. The van der Waals surface area contributed by atoms with Crippen molar-refractivity contribution in [2.45, 2.75) is 39.0 Å². The maximum absolute atomic E-state index is 13.4. The average Bonchev–Trinajstić information content (AvgIpc) is 3.24. The van der Waals surface area contributed by atoms with Gasteiger partial charge in [-0.25, -0.2) is 19.4 Å². The summed E-state index contributed by atoms with van der Waals surface area (Å²) in [6.45, 7) is 8.12. The van der Waals surface area contributed by atoms with Gasteiger partial charge in [0.1, 0.15) is 17.1 Å². The zero-order valence-electron chi connectivity index (χ0n) is 21.7. The average molecular weight is 525 g/mol. The number of likely N-dealkylation sites (N-methyl/N-ethyl adjacent to an activating group) is 1. The van der Waals surface area contributed by atoms with Gasteiger partial charge in [0.25, 0.3) is 5.91 Å². The zero-order valence-corrected chi connectivity index (χ0v) is 22.6. The SMILES string of the molecule is CSc1ncc2c(n1)N(C)CCN(c1cccc(Cn3cc(CN(CC(C)(C)C)C(=O)O)nn3)c1)C2=O. The Morgan fingerprint density at radius 1 is 1.24 bits per heavy atom. The van der Waals surface area contributed by atoms with E-state index in [9.17, 15) is 14.7 Å². The van der Waals surface area contributed by atoms with Gasteiger partial charge in [0.15, 0.2) is 5.16 Å². The molecule has 3 aromatic rings. The van der Waals surface area contributed by atoms with E-state index in [-0.39, 0.29) is 17.9 Å². The molecule has 4 rings (SSSR count). The molecular formula is C25H32N8O3S. The van der Waals surface area contributed by atoms with Crippen LogP contribution in [0.4, 0.5) is 16.3 Å². The number of thioether (sulfide) groups is 1. The van der Waals surface area contributed by atoms with Crippen LogP contribution in [0.2, 0.25) is 0 Å². The molecule has 12 heteroatoms. The van der Waals surface area contributed by atoms with E-state index in [4.69, 9.17) is 0 Å². The normalized spacial score (nSPS) is 13.9. The largest absolute Gasteiger partial charge is 0.465 e. The number of rotatable bonds is 7. The molecule has 0 saturated heterocycles. The van der Waals surface area contributed by atoms with Crippen molar-refractivity contribution in [3.63, 3.8) is 0 Å². The zero-order chi connectivity index (χ0) is 26.7. The molecule has 1 aliphatic heterocycles. The summed E-state index contributed by atoms with van der Waals surface area (Å²) in [6, 6.07) is 7.75. The highest BCUT2D eigenvalue weighted by atomic mass is 32.2. The van der Waals surface area contributed by atoms with Crippen LogP contribution in [0.1, 0.15) is 42.4 Å². The van der Waals surface area contributed by atoms with Crippen LogP contribution in [-0.2, 0) is 13.1 Å². The molecule has 0 spiro atoms. The molecule has 11 nitrogen and oxygen atoms in total. The molecule has 1 aromatic carbocycles. The number of hydrogen-bond acceptors (Lipinski definition) is 8. The fraction of sp³-hybridized carbons (Fsp3) is 0.440. The second-order valence-electron chi connectivity index (χ2n) is 10.2. The van der Waals surface area contributed by atoms with Gasteiger partial charge in [0.05, 0.1) is 19.3 Å². The minimum Gasteiger partial charge on any atom is -0.465 e. The van der Waals surface area contributed by atoms with Gasteiger partial charge in [0.2, 0.25) is 0 Å². The monoisotopic (exact) mass is 524 g/mol. The van der Waals surface area contributed by atoms with Crippen LogP contribution >= 0.6 is 11.8 Å². The third kappa shape index (κ3) is 6.37. The molecule has 1 aliphatic rings. The van der Waals surface area contributed by atoms with Crippen LogP contribution < -0.4 is 9.80 Å². The topological polar surface area (TPSA) is 121 Å². The van der Waals surface area contributed by atoms with E-state index in [2.05, 4.69) is 20.3 Å². The summed E-state index contributed by atoms with van der Waals surface area (Å²) in [5.41, 5.74) is 2.61. The van der Waals surface area contributed by atoms with E-state index < -0.39 is 6.09 Å². The highest BCUT2D eigenvalue weighted by Gasteiger charge is 2.28. The van der Waals surface area contributed by atoms with Crippen molar-refractivity contribution in [1.29, 1.82) is 0 Å². The van der Waals surface area contributed by atoms with E-state index >= 15 is 0 Å². The second kappa shape index (κ2) is 10.8. The van der Waals surface area contributed by atoms with E-state index in [0.29, 0.717) is 48.4 Å². The van der Waals surface area contributed by atoms with Gasteiger partial charge in [-0.3, -0.25) is 4.79 Å². The van der Waals surface area contributed by atoms with Crippen LogP contribution in [0.3, 0.4) is 0 Å². The molecule has 0 unspecified atom stereocenters. The summed E-state index contributed by atoms with van der Waals surface area (Å²) in [5, 5.41) is 18.6. The van der Waals surface area contributed by atoms with E-state index in [1.807, 2.05) is 63.2 Å². The van der Waals surface area contributed by atoms with Gasteiger partial charge in [-0.1, -0.05) is 49.9 Å². The molecule has 1 N–H and O–H groups in total. The first-order chi connectivity index (χ1) is 17.5. The molecule has 196 valence electrons. The van der Waals surface area contributed by atoms with E-state index in [1.165, 1.54) is 16.7 Å². The van der Waals surface area contributed by atoms with Crippen molar-refractivity contribution < 1.29 is 14.7 Å². The Bertz CT molecular complexity index is 1290. The fourth-order valence-corrected chi connectivity index (χ4v) is 4.54. The van der Waals surface area contributed by atoms with Crippen molar-refractivity contribution >= 4 is 35.3 Å². The highest BCUT2D eigenvalue weighted by Crippen LogP contribution is 2.27. The molecule has 2 aromatic heterocycles. The summed E-state index contributed by atoms with van der Waals surface area (Å²) in [7, 11) is 1.93. The lowest BCUT2D eigenvalue weighted by molar-refractivity contribution is 0.0989. The Balaban J connectivity index is 1.51. The Morgan fingerprint density at radius 3 is 2.73 bits per heavy atom. The number of anilines is 2. The van der Waals surface area contributed by atoms with Gasteiger partial charge in [-0.05, 0) is 29.4 Å². The summed E-state index contributed by atoms with van der Waals surface area (Å²) in [6.07, 6.45) is 4.28. The predicted molar refractivity (Wildman–Crippen MR) is 142 cm³/mol. The molecule has 37 heavy (non-hydrogen) atoms. The minimum absolute atomic E-state index is 0.139. The van der Waals surface area contributed by atoms with Crippen LogP contribution in [0.5, 0.6) is 0 Å². The smallest absolute Gasteiger partial charge is 0.407 e. The van der Waals surface area contributed by atoms with E-state index in [0.717, 1.165) is 11.3 Å². The van der Waals surface area contributed by atoms with Gasteiger partial charge < -0.3 is 19.8 Å². The standard InChI is InChI=1S/C25H32N8O3S/c1-25(2,3)16-31(24(35)36)14-18-15-32(29-28-18)13-17-7-6-8-19(11-17)33-10-9-30(4)21-20(22(33)34)12-26-23(27-21)37-5/h6-8,11-12,15H,9-10,13-14,16H2,1-5H3,(H,35,36). The number of aromatic nitrogens is 5. The summed E-state index contributed by atoms with van der Waals surface area (Å²) >= 11 is 1.44. The lowest BCUT2D eigenvalue weighted by Crippen LogP contribution is -2.36. The van der Waals surface area contributed by atoms with Crippen molar-refractivity contribution in [3.8, 4) is 0 Å². The Labute approximate surface area is 220 Å². The van der Waals surface area contributed by atoms with Crippen LogP contribution in [0.25, 0.3) is 0 Å². The van der Waals surface area contributed by atoms with Crippen molar-refractivity contribution in [1.82, 2.24) is 29.9 Å². The van der Waals surface area contributed by atoms with E-state index in [1.54, 1.807) is 22.0 Å². The minimum atomic E-state index is -0.985. The lowest BCUT2D eigenvalue weighted by Gasteiger charge is -2.26. The number of carboxylic acid groups (broad SMARTS) is 1. The van der Waals surface area contributed by atoms with Crippen molar-refractivity contribution in [2.24, 2.45) is 5.41 Å². The summed E-state index contributed by atoms with van der Waals surface area (Å²) < 4.78 is 1.68. The Morgan fingerprint density at radius 2 is 2.03 bits per heavy atom. The number of amides is 2. The molecule has 2 amide bonds. The molecule has 0 aliphatic carbocycles. The maximum Gasteiger partial charge on any atom is 0.407 e. The fourth-order valence-electron chi connectivity index (χ4n) is 4.20. The number of nitrogens with zero attached hydrogens (tertiary/aromatic N) is 8. The quantitative estimate of drug-likeness (QED) is 0.366. The molecule has 0 fully saturated rings. The van der Waals surface area contributed by atoms with Crippen LogP contribution in [0.15, 0.2) is 41.8 Å². The van der Waals surface area contributed by atoms with Gasteiger partial charge in [-0.15, -0.1) is 5.10 Å². The third-order valence-corrected chi connectivity index (χ3v) is 6.43. The van der Waals surface area contributed by atoms with Gasteiger partial charge in [-0.2, -0.15) is 0 Å². The third-order valence-electron chi connectivity index (χ3n) is 5.87. The lowest BCUT2D eigenvalue weighted by atomic mass is 9.96. The first-order valence-electron chi connectivity index (χ1n) is 11.9. The number of carbonyl (C=O) groups excluding carboxylic acids is 1.